The smallest absolute Gasteiger partial charge is 0.262 e. The third-order valence-corrected chi connectivity index (χ3v) is 4.90. The van der Waals surface area contributed by atoms with Crippen LogP contribution in [0.3, 0.4) is 0 Å². The molecule has 2 heterocycles. The third-order valence-electron chi connectivity index (χ3n) is 3.25. The highest BCUT2D eigenvalue weighted by Crippen LogP contribution is 2.36. The Labute approximate surface area is 134 Å². The number of halogens is 2. The van der Waals surface area contributed by atoms with Gasteiger partial charge in [0.05, 0.1) is 5.02 Å². The Bertz CT molecular complexity index is 845. The van der Waals surface area contributed by atoms with Crippen molar-refractivity contribution in [2.45, 2.75) is 6.42 Å². The molecule has 0 bridgehead atoms. The summed E-state index contributed by atoms with van der Waals surface area (Å²) in [5, 5.41) is 10.9. The zero-order valence-corrected chi connectivity index (χ0v) is 13.2. The fourth-order valence-electron chi connectivity index (χ4n) is 2.12. The van der Waals surface area contributed by atoms with E-state index in [0.717, 1.165) is 5.82 Å². The number of hydrogen-bond donors (Lipinski definition) is 1. The highest BCUT2D eigenvalue weighted by Gasteiger charge is 2.19. The summed E-state index contributed by atoms with van der Waals surface area (Å²) in [6.07, 6.45) is 2.15. The Balaban J connectivity index is 1.74. The van der Waals surface area contributed by atoms with Crippen molar-refractivity contribution in [3.8, 4) is 0 Å². The van der Waals surface area contributed by atoms with Gasteiger partial charge in [0.25, 0.3) is 5.91 Å². The van der Waals surface area contributed by atoms with Gasteiger partial charge in [-0.25, -0.2) is 4.39 Å². The normalized spacial score (nSPS) is 11.0. The number of fused-ring (bicyclic) bond motifs is 1. The van der Waals surface area contributed by atoms with Crippen LogP contribution in [0, 0.1) is 5.82 Å². The molecule has 0 atom stereocenters. The number of carbonyl (C=O) groups is 1. The van der Waals surface area contributed by atoms with Crippen molar-refractivity contribution < 1.29 is 9.18 Å². The summed E-state index contributed by atoms with van der Waals surface area (Å²) >= 11 is 7.32. The molecule has 114 valence electrons. The summed E-state index contributed by atoms with van der Waals surface area (Å²) in [4.78, 5) is 12.5. The van der Waals surface area contributed by atoms with E-state index in [0.29, 0.717) is 27.9 Å². The maximum atomic E-state index is 13.8. The van der Waals surface area contributed by atoms with Crippen LogP contribution in [-0.2, 0) is 13.5 Å². The van der Waals surface area contributed by atoms with Crippen molar-refractivity contribution in [3.05, 3.63) is 46.1 Å². The number of nitrogens with zero attached hydrogens (tertiary/aromatic N) is 3. The van der Waals surface area contributed by atoms with Crippen molar-refractivity contribution in [3.63, 3.8) is 0 Å². The number of amides is 1. The zero-order valence-electron chi connectivity index (χ0n) is 11.6. The predicted octanol–water partition coefficient (Wildman–Crippen LogP) is 2.79. The van der Waals surface area contributed by atoms with Crippen LogP contribution in [-0.4, -0.2) is 27.2 Å². The van der Waals surface area contributed by atoms with E-state index in [-0.39, 0.29) is 10.9 Å². The molecular formula is C14H12ClFN4OS. The van der Waals surface area contributed by atoms with E-state index in [1.54, 1.807) is 23.0 Å². The van der Waals surface area contributed by atoms with E-state index in [9.17, 15) is 9.18 Å². The van der Waals surface area contributed by atoms with Crippen LogP contribution in [0.4, 0.5) is 4.39 Å². The molecule has 0 saturated heterocycles. The summed E-state index contributed by atoms with van der Waals surface area (Å²) in [7, 11) is 1.84. The molecule has 0 aliphatic carbocycles. The Morgan fingerprint density at radius 1 is 1.50 bits per heavy atom. The van der Waals surface area contributed by atoms with E-state index in [4.69, 9.17) is 11.6 Å². The lowest BCUT2D eigenvalue weighted by atomic mass is 10.2. The summed E-state index contributed by atoms with van der Waals surface area (Å²) in [5.74, 6) is 0.0402. The molecular weight excluding hydrogens is 327 g/mol. The van der Waals surface area contributed by atoms with Crippen LogP contribution in [0.1, 0.15) is 15.5 Å². The number of benzene rings is 1. The van der Waals surface area contributed by atoms with Crippen molar-refractivity contribution >= 4 is 38.9 Å². The Kier molecular flexibility index (Phi) is 4.08. The Hall–Kier alpha value is -1.99. The number of carbonyl (C=O) groups excluding carboxylic acids is 1. The number of nitrogens with one attached hydrogen (secondary N) is 1. The van der Waals surface area contributed by atoms with Gasteiger partial charge in [-0.3, -0.25) is 4.79 Å². The lowest BCUT2D eigenvalue weighted by molar-refractivity contribution is 0.0958. The van der Waals surface area contributed by atoms with Gasteiger partial charge < -0.3 is 9.88 Å². The first-order valence-electron chi connectivity index (χ1n) is 6.55. The minimum absolute atomic E-state index is 0.161. The van der Waals surface area contributed by atoms with Gasteiger partial charge in [0.15, 0.2) is 0 Å². The second kappa shape index (κ2) is 6.02. The molecule has 1 amide bonds. The van der Waals surface area contributed by atoms with E-state index in [2.05, 4.69) is 15.5 Å². The zero-order chi connectivity index (χ0) is 15.7. The van der Waals surface area contributed by atoms with E-state index in [1.165, 1.54) is 17.4 Å². The van der Waals surface area contributed by atoms with Crippen LogP contribution >= 0.6 is 22.9 Å². The standard InChI is InChI=1S/C14H12ClFN4OS/c1-20-7-18-19-10(20)5-6-17-14(21)13-12(15)11-8(16)3-2-4-9(11)22-13/h2-4,7H,5-6H2,1H3,(H,17,21). The van der Waals surface area contributed by atoms with Gasteiger partial charge in [-0.1, -0.05) is 17.7 Å². The lowest BCUT2D eigenvalue weighted by Crippen LogP contribution is -2.25. The quantitative estimate of drug-likeness (QED) is 0.795. The van der Waals surface area contributed by atoms with Crippen LogP contribution in [0.5, 0.6) is 0 Å². The van der Waals surface area contributed by atoms with Gasteiger partial charge in [-0.05, 0) is 12.1 Å². The summed E-state index contributed by atoms with van der Waals surface area (Å²) in [6.45, 7) is 0.401. The number of thiophene rings is 1. The molecule has 3 rings (SSSR count). The monoisotopic (exact) mass is 338 g/mol. The van der Waals surface area contributed by atoms with Crippen molar-refractivity contribution in [2.75, 3.05) is 6.54 Å². The molecule has 5 nitrogen and oxygen atoms in total. The second-order valence-electron chi connectivity index (χ2n) is 4.72. The van der Waals surface area contributed by atoms with Gasteiger partial charge in [0.1, 0.15) is 22.8 Å². The number of aryl methyl sites for hydroxylation is 1. The summed E-state index contributed by atoms with van der Waals surface area (Å²) < 4.78 is 16.2. The second-order valence-corrected chi connectivity index (χ2v) is 6.15. The molecule has 3 aromatic rings. The first-order chi connectivity index (χ1) is 10.6. The average molecular weight is 339 g/mol. The fraction of sp³-hybridized carbons (Fsp3) is 0.214. The largest absolute Gasteiger partial charge is 0.351 e. The van der Waals surface area contributed by atoms with Gasteiger partial charge in [-0.15, -0.1) is 21.5 Å². The molecule has 8 heteroatoms. The van der Waals surface area contributed by atoms with E-state index in [1.807, 2.05) is 7.05 Å². The highest BCUT2D eigenvalue weighted by atomic mass is 35.5. The van der Waals surface area contributed by atoms with Gasteiger partial charge >= 0.3 is 0 Å². The predicted molar refractivity (Wildman–Crippen MR) is 83.8 cm³/mol. The maximum absolute atomic E-state index is 13.8. The third kappa shape index (κ3) is 2.69. The summed E-state index contributed by atoms with van der Waals surface area (Å²) in [5.41, 5.74) is 0. The van der Waals surface area contributed by atoms with Gasteiger partial charge in [0.2, 0.25) is 0 Å². The van der Waals surface area contributed by atoms with Crippen LogP contribution < -0.4 is 5.32 Å². The van der Waals surface area contributed by atoms with Crippen LogP contribution in [0.2, 0.25) is 5.02 Å². The molecule has 2 aromatic heterocycles. The lowest BCUT2D eigenvalue weighted by Gasteiger charge is -2.03. The number of hydrogen-bond acceptors (Lipinski definition) is 4. The molecule has 0 radical (unpaired) electrons. The number of rotatable bonds is 4. The van der Waals surface area contributed by atoms with Crippen LogP contribution in [0.15, 0.2) is 24.5 Å². The SMILES string of the molecule is Cn1cnnc1CCNC(=O)c1sc2cccc(F)c2c1Cl. The number of aromatic nitrogens is 3. The van der Waals surface area contributed by atoms with E-state index >= 15 is 0 Å². The van der Waals surface area contributed by atoms with Gasteiger partial charge in [0, 0.05) is 30.1 Å². The molecule has 0 unspecified atom stereocenters. The maximum Gasteiger partial charge on any atom is 0.262 e. The van der Waals surface area contributed by atoms with E-state index < -0.39 is 5.82 Å². The molecule has 0 saturated carbocycles. The average Bonchev–Trinajstić information content (AvgIpc) is 3.04. The minimum Gasteiger partial charge on any atom is -0.351 e. The Morgan fingerprint density at radius 3 is 3.00 bits per heavy atom. The molecule has 0 spiro atoms. The Morgan fingerprint density at radius 2 is 2.32 bits per heavy atom. The minimum atomic E-state index is -0.420. The van der Waals surface area contributed by atoms with Crippen molar-refractivity contribution in [1.82, 2.24) is 20.1 Å². The highest BCUT2D eigenvalue weighted by molar-refractivity contribution is 7.21. The molecule has 0 aliphatic heterocycles. The van der Waals surface area contributed by atoms with Crippen molar-refractivity contribution in [2.24, 2.45) is 7.05 Å². The topological polar surface area (TPSA) is 59.8 Å². The summed E-state index contributed by atoms with van der Waals surface area (Å²) in [6, 6.07) is 4.67. The van der Waals surface area contributed by atoms with Gasteiger partial charge in [-0.2, -0.15) is 0 Å². The molecule has 1 N–H and O–H groups in total. The molecule has 1 aromatic carbocycles. The van der Waals surface area contributed by atoms with Crippen LogP contribution in [0.25, 0.3) is 10.1 Å². The first kappa shape index (κ1) is 14.9. The fourth-order valence-corrected chi connectivity index (χ4v) is 3.59. The molecule has 22 heavy (non-hydrogen) atoms. The first-order valence-corrected chi connectivity index (χ1v) is 7.75. The molecule has 0 fully saturated rings. The molecule has 0 aliphatic rings. The van der Waals surface area contributed by atoms with Crippen molar-refractivity contribution in [1.29, 1.82) is 0 Å².